The average Bonchev–Trinajstić information content (AvgIpc) is 3.06. The fraction of sp³-hybridized carbons (Fsp3) is 0.286. The normalized spacial score (nSPS) is 15.6. The lowest BCUT2D eigenvalue weighted by Crippen LogP contribution is -3.15. The van der Waals surface area contributed by atoms with Gasteiger partial charge in [0.1, 0.15) is 6.54 Å². The van der Waals surface area contributed by atoms with Crippen molar-refractivity contribution in [2.45, 2.75) is 6.92 Å². The second kappa shape index (κ2) is 6.73. The first-order valence-electron chi connectivity index (χ1n) is 8.95. The van der Waals surface area contributed by atoms with Crippen LogP contribution in [0.1, 0.15) is 15.9 Å². The average molecular weight is 334 g/mol. The van der Waals surface area contributed by atoms with Crippen molar-refractivity contribution in [3.05, 3.63) is 65.9 Å². The summed E-state index contributed by atoms with van der Waals surface area (Å²) in [5, 5.41) is 1.05. The highest BCUT2D eigenvalue weighted by molar-refractivity contribution is 6.08. The summed E-state index contributed by atoms with van der Waals surface area (Å²) in [6, 6.07) is 16.7. The third-order valence-corrected chi connectivity index (χ3v) is 5.14. The molecule has 2 heterocycles. The Morgan fingerprint density at radius 3 is 2.64 bits per heavy atom. The van der Waals surface area contributed by atoms with Gasteiger partial charge in [-0.3, -0.25) is 4.79 Å². The minimum absolute atomic E-state index is 0.236. The molecule has 1 aliphatic rings. The van der Waals surface area contributed by atoms with Crippen LogP contribution in [0.4, 0.5) is 5.69 Å². The number of benzene rings is 2. The highest BCUT2D eigenvalue weighted by Gasteiger charge is 2.24. The number of Topliss-reactive ketones (excluding diaryl/α,β-unsaturated/α-hetero) is 1. The van der Waals surface area contributed by atoms with Crippen LogP contribution in [0.3, 0.4) is 0 Å². The molecule has 0 aliphatic carbocycles. The van der Waals surface area contributed by atoms with Crippen molar-refractivity contribution in [1.29, 1.82) is 0 Å². The second-order valence-corrected chi connectivity index (χ2v) is 6.92. The van der Waals surface area contributed by atoms with Crippen molar-refractivity contribution < 1.29 is 9.69 Å². The Hall–Kier alpha value is -2.59. The number of hydrogen-bond donors (Lipinski definition) is 2. The summed E-state index contributed by atoms with van der Waals surface area (Å²) in [5.41, 5.74) is 4.33. The first kappa shape index (κ1) is 15.9. The molecular weight excluding hydrogens is 310 g/mol. The summed E-state index contributed by atoms with van der Waals surface area (Å²) in [5.74, 6) is 0.236. The van der Waals surface area contributed by atoms with Crippen molar-refractivity contribution >= 4 is 22.4 Å². The maximum atomic E-state index is 12.8. The summed E-state index contributed by atoms with van der Waals surface area (Å²) < 4.78 is 0. The van der Waals surface area contributed by atoms with E-state index < -0.39 is 0 Å². The molecule has 4 nitrogen and oxygen atoms in total. The van der Waals surface area contributed by atoms with E-state index in [9.17, 15) is 4.79 Å². The molecule has 3 aromatic rings. The van der Waals surface area contributed by atoms with E-state index in [1.54, 1.807) is 0 Å². The number of quaternary nitrogens is 1. The van der Waals surface area contributed by atoms with Crippen molar-refractivity contribution in [2.75, 3.05) is 37.6 Å². The number of aryl methyl sites for hydroxylation is 1. The lowest BCUT2D eigenvalue weighted by Gasteiger charge is -2.33. The number of carbonyl (C=O) groups is 1. The van der Waals surface area contributed by atoms with Gasteiger partial charge < -0.3 is 14.8 Å². The van der Waals surface area contributed by atoms with Gasteiger partial charge in [0.15, 0.2) is 0 Å². The van der Waals surface area contributed by atoms with E-state index in [0.717, 1.165) is 42.6 Å². The summed E-state index contributed by atoms with van der Waals surface area (Å²) in [7, 11) is 0. The van der Waals surface area contributed by atoms with Crippen LogP contribution in [-0.4, -0.2) is 43.5 Å². The Morgan fingerprint density at radius 1 is 1.12 bits per heavy atom. The molecule has 2 aromatic carbocycles. The molecule has 2 N–H and O–H groups in total. The van der Waals surface area contributed by atoms with E-state index in [0.29, 0.717) is 6.54 Å². The van der Waals surface area contributed by atoms with Crippen LogP contribution < -0.4 is 9.80 Å². The number of nitrogens with zero attached hydrogens (tertiary/aromatic N) is 1. The molecule has 0 saturated carbocycles. The maximum Gasteiger partial charge on any atom is 0.219 e. The molecule has 1 saturated heterocycles. The first-order valence-corrected chi connectivity index (χ1v) is 8.95. The highest BCUT2D eigenvalue weighted by Crippen LogP contribution is 2.20. The molecule has 1 aliphatic heterocycles. The number of aromatic amines is 1. The van der Waals surface area contributed by atoms with Gasteiger partial charge in [-0.2, -0.15) is 0 Å². The standard InChI is InChI=1S/C21H23N3O/c1-16-7-8-20-18(13-16)19(14-22-20)21(25)15-23-9-11-24(12-10-23)17-5-3-2-4-6-17/h2-8,13-14,22H,9-12,15H2,1H3/p+1. The third-order valence-electron chi connectivity index (χ3n) is 5.14. The van der Waals surface area contributed by atoms with Crippen molar-refractivity contribution in [3.8, 4) is 0 Å². The zero-order chi connectivity index (χ0) is 17.2. The molecule has 1 aromatic heterocycles. The van der Waals surface area contributed by atoms with Gasteiger partial charge in [0.05, 0.1) is 26.2 Å². The quantitative estimate of drug-likeness (QED) is 0.717. The first-order chi connectivity index (χ1) is 12.2. The predicted molar refractivity (Wildman–Crippen MR) is 102 cm³/mol. The van der Waals surface area contributed by atoms with E-state index in [2.05, 4.69) is 53.2 Å². The van der Waals surface area contributed by atoms with E-state index in [1.165, 1.54) is 16.2 Å². The van der Waals surface area contributed by atoms with Crippen LogP contribution in [0.25, 0.3) is 10.9 Å². The Labute approximate surface area is 148 Å². The molecular formula is C21H24N3O+. The van der Waals surface area contributed by atoms with Gasteiger partial charge in [-0.1, -0.05) is 29.8 Å². The maximum absolute atomic E-state index is 12.8. The molecule has 128 valence electrons. The lowest BCUT2D eigenvalue weighted by molar-refractivity contribution is -0.892. The van der Waals surface area contributed by atoms with Crippen LogP contribution in [0.15, 0.2) is 54.7 Å². The van der Waals surface area contributed by atoms with Crippen molar-refractivity contribution in [2.24, 2.45) is 0 Å². The fourth-order valence-electron chi connectivity index (χ4n) is 3.68. The van der Waals surface area contributed by atoms with Crippen molar-refractivity contribution in [3.63, 3.8) is 0 Å². The van der Waals surface area contributed by atoms with Crippen LogP contribution in [0.5, 0.6) is 0 Å². The molecule has 0 atom stereocenters. The predicted octanol–water partition coefficient (Wildman–Crippen LogP) is 2.06. The van der Waals surface area contributed by atoms with Gasteiger partial charge in [0, 0.05) is 28.4 Å². The summed E-state index contributed by atoms with van der Waals surface area (Å²) in [6.45, 7) is 6.64. The Bertz CT molecular complexity index is 877. The molecule has 0 spiro atoms. The van der Waals surface area contributed by atoms with Crippen LogP contribution in [0.2, 0.25) is 0 Å². The molecule has 4 heteroatoms. The van der Waals surface area contributed by atoms with Gasteiger partial charge in [0.25, 0.3) is 0 Å². The molecule has 0 unspecified atom stereocenters. The van der Waals surface area contributed by atoms with E-state index in [4.69, 9.17) is 0 Å². The number of ketones is 1. The number of rotatable bonds is 4. The SMILES string of the molecule is Cc1ccc2[nH]cc(C(=O)C[NH+]3CCN(c4ccccc4)CC3)c2c1. The third kappa shape index (κ3) is 3.30. The van der Waals surface area contributed by atoms with E-state index in [-0.39, 0.29) is 5.78 Å². The Kier molecular flexibility index (Phi) is 4.28. The zero-order valence-electron chi connectivity index (χ0n) is 14.6. The number of hydrogen-bond acceptors (Lipinski definition) is 2. The van der Waals surface area contributed by atoms with Crippen LogP contribution >= 0.6 is 0 Å². The van der Waals surface area contributed by atoms with Gasteiger partial charge in [-0.25, -0.2) is 0 Å². The Balaban J connectivity index is 1.41. The number of aromatic nitrogens is 1. The number of carbonyl (C=O) groups excluding carboxylic acids is 1. The zero-order valence-corrected chi connectivity index (χ0v) is 14.6. The lowest BCUT2D eigenvalue weighted by atomic mass is 10.1. The second-order valence-electron chi connectivity index (χ2n) is 6.92. The number of piperazine rings is 1. The summed E-state index contributed by atoms with van der Waals surface area (Å²) in [6.07, 6.45) is 1.87. The Morgan fingerprint density at radius 2 is 1.88 bits per heavy atom. The number of H-pyrrole nitrogens is 1. The topological polar surface area (TPSA) is 40.5 Å². The van der Waals surface area contributed by atoms with Crippen LogP contribution in [-0.2, 0) is 0 Å². The highest BCUT2D eigenvalue weighted by atomic mass is 16.1. The van der Waals surface area contributed by atoms with Gasteiger partial charge in [0.2, 0.25) is 5.78 Å². The summed E-state index contributed by atoms with van der Waals surface area (Å²) in [4.78, 5) is 19.8. The largest absolute Gasteiger partial charge is 0.360 e. The number of fused-ring (bicyclic) bond motifs is 1. The summed E-state index contributed by atoms with van der Waals surface area (Å²) >= 11 is 0. The molecule has 1 fully saturated rings. The van der Waals surface area contributed by atoms with Crippen LogP contribution in [0, 0.1) is 6.92 Å². The smallest absolute Gasteiger partial charge is 0.219 e. The number of nitrogens with one attached hydrogen (secondary N) is 2. The monoisotopic (exact) mass is 334 g/mol. The van der Waals surface area contributed by atoms with Gasteiger partial charge in [-0.15, -0.1) is 0 Å². The molecule has 25 heavy (non-hydrogen) atoms. The number of anilines is 1. The molecule has 0 amide bonds. The van der Waals surface area contributed by atoms with Gasteiger partial charge in [-0.05, 0) is 31.2 Å². The minimum atomic E-state index is 0.236. The molecule has 0 bridgehead atoms. The molecule has 0 radical (unpaired) electrons. The van der Waals surface area contributed by atoms with E-state index >= 15 is 0 Å². The molecule has 4 rings (SSSR count). The fourth-order valence-corrected chi connectivity index (χ4v) is 3.68. The number of para-hydroxylation sites is 1. The minimum Gasteiger partial charge on any atom is -0.360 e. The van der Waals surface area contributed by atoms with Crippen molar-refractivity contribution in [1.82, 2.24) is 4.98 Å². The van der Waals surface area contributed by atoms with E-state index in [1.807, 2.05) is 18.3 Å². The van der Waals surface area contributed by atoms with Gasteiger partial charge >= 0.3 is 0 Å².